The summed E-state index contributed by atoms with van der Waals surface area (Å²) in [6, 6.07) is 0. The molecule has 0 saturated heterocycles. The number of aliphatic hydroxyl groups excluding tert-OH is 1. The van der Waals surface area contributed by atoms with Gasteiger partial charge in [0.2, 0.25) is 0 Å². The molecular weight excluding hydrogens is 120 g/mol. The third kappa shape index (κ3) is 5.46. The van der Waals surface area contributed by atoms with Gasteiger partial charge in [-0.3, -0.25) is 0 Å². The third-order valence-corrected chi connectivity index (χ3v) is 0.883. The van der Waals surface area contributed by atoms with Gasteiger partial charge in [-0.15, -0.1) is 0 Å². The Balaban J connectivity index is 3.04. The predicted octanol–water partition coefficient (Wildman–Crippen LogP) is -0.0272. The number of carbonyl (C=O) groups is 1. The fraction of sp³-hybridized carbons (Fsp3) is 0.833. The minimum Gasteiger partial charge on any atom is -0.390 e. The van der Waals surface area contributed by atoms with E-state index in [1.165, 1.54) is 0 Å². The van der Waals surface area contributed by atoms with Crippen LogP contribution in [-0.4, -0.2) is 30.7 Å². The van der Waals surface area contributed by atoms with E-state index in [0.29, 0.717) is 12.9 Å². The lowest BCUT2D eigenvalue weighted by atomic mass is 10.3. The van der Waals surface area contributed by atoms with Gasteiger partial charge in [0.1, 0.15) is 6.29 Å². The molecule has 0 aliphatic rings. The maximum absolute atomic E-state index is 9.76. The second-order valence-corrected chi connectivity index (χ2v) is 1.72. The van der Waals surface area contributed by atoms with Crippen molar-refractivity contribution in [3.05, 3.63) is 0 Å². The summed E-state index contributed by atoms with van der Waals surface area (Å²) < 4.78 is 4.84. The van der Waals surface area contributed by atoms with E-state index in [9.17, 15) is 4.79 Å². The predicted molar refractivity (Wildman–Crippen MR) is 33.2 cm³/mol. The molecule has 3 heteroatoms. The van der Waals surface area contributed by atoms with Gasteiger partial charge < -0.3 is 14.6 Å². The Kier molecular flexibility index (Phi) is 5.46. The molecule has 0 spiro atoms. The molecular formula is C6H12O3. The molecule has 0 aromatic heterocycles. The van der Waals surface area contributed by atoms with E-state index >= 15 is 0 Å². The van der Waals surface area contributed by atoms with Gasteiger partial charge in [0, 0.05) is 13.0 Å². The van der Waals surface area contributed by atoms with Crippen LogP contribution in [0.1, 0.15) is 13.3 Å². The van der Waals surface area contributed by atoms with Crippen LogP contribution >= 0.6 is 0 Å². The highest BCUT2D eigenvalue weighted by Gasteiger charge is 2.00. The van der Waals surface area contributed by atoms with Gasteiger partial charge in [0.05, 0.1) is 12.7 Å². The van der Waals surface area contributed by atoms with Crippen molar-refractivity contribution in [3.8, 4) is 0 Å². The van der Waals surface area contributed by atoms with Crippen LogP contribution in [0, 0.1) is 0 Å². The molecule has 1 atom stereocenters. The molecule has 1 N–H and O–H groups in total. The minimum absolute atomic E-state index is 0.167. The monoisotopic (exact) mass is 132 g/mol. The van der Waals surface area contributed by atoms with Crippen molar-refractivity contribution in [1.29, 1.82) is 0 Å². The quantitative estimate of drug-likeness (QED) is 0.534. The normalized spacial score (nSPS) is 13.1. The lowest BCUT2D eigenvalue weighted by Gasteiger charge is -2.04. The summed E-state index contributed by atoms with van der Waals surface area (Å²) in [5.74, 6) is 0. The smallest absolute Gasteiger partial charge is 0.122 e. The Morgan fingerprint density at radius 3 is 2.89 bits per heavy atom. The summed E-state index contributed by atoms with van der Waals surface area (Å²) >= 11 is 0. The van der Waals surface area contributed by atoms with Gasteiger partial charge >= 0.3 is 0 Å². The number of hydrogen-bond donors (Lipinski definition) is 1. The fourth-order valence-electron chi connectivity index (χ4n) is 0.433. The highest BCUT2D eigenvalue weighted by Crippen LogP contribution is 1.87. The molecule has 1 unspecified atom stereocenters. The summed E-state index contributed by atoms with van der Waals surface area (Å²) in [4.78, 5) is 9.76. The minimum atomic E-state index is -0.623. The van der Waals surface area contributed by atoms with Crippen LogP contribution in [0.5, 0.6) is 0 Å². The number of rotatable bonds is 5. The first-order valence-corrected chi connectivity index (χ1v) is 3.00. The zero-order valence-corrected chi connectivity index (χ0v) is 5.54. The maximum Gasteiger partial charge on any atom is 0.122 e. The van der Waals surface area contributed by atoms with Crippen molar-refractivity contribution >= 4 is 6.29 Å². The number of aliphatic hydroxyl groups is 1. The molecule has 0 aromatic carbocycles. The molecule has 0 bridgehead atoms. The van der Waals surface area contributed by atoms with Crippen LogP contribution < -0.4 is 0 Å². The van der Waals surface area contributed by atoms with E-state index in [1.54, 1.807) is 0 Å². The molecule has 0 aliphatic heterocycles. The SMILES string of the molecule is CCOCC(O)CC=O. The van der Waals surface area contributed by atoms with Crippen LogP contribution in [0.25, 0.3) is 0 Å². The second-order valence-electron chi connectivity index (χ2n) is 1.72. The zero-order chi connectivity index (χ0) is 7.11. The molecule has 0 saturated carbocycles. The zero-order valence-electron chi connectivity index (χ0n) is 5.54. The maximum atomic E-state index is 9.76. The van der Waals surface area contributed by atoms with Crippen molar-refractivity contribution in [1.82, 2.24) is 0 Å². The van der Waals surface area contributed by atoms with E-state index in [0.717, 1.165) is 0 Å². The first-order chi connectivity index (χ1) is 4.31. The fourth-order valence-corrected chi connectivity index (χ4v) is 0.433. The largest absolute Gasteiger partial charge is 0.390 e. The highest BCUT2D eigenvalue weighted by atomic mass is 16.5. The Hall–Kier alpha value is -0.410. The van der Waals surface area contributed by atoms with Gasteiger partial charge in [0.25, 0.3) is 0 Å². The molecule has 0 aromatic rings. The molecule has 54 valence electrons. The summed E-state index contributed by atoms with van der Waals surface area (Å²) in [6.45, 7) is 2.68. The Labute approximate surface area is 54.6 Å². The second kappa shape index (κ2) is 5.72. The molecule has 0 fully saturated rings. The number of hydrogen-bond acceptors (Lipinski definition) is 3. The number of aldehydes is 1. The first kappa shape index (κ1) is 8.59. The molecule has 0 radical (unpaired) electrons. The Morgan fingerprint density at radius 2 is 2.44 bits per heavy atom. The van der Waals surface area contributed by atoms with Crippen molar-refractivity contribution in [2.75, 3.05) is 13.2 Å². The summed E-state index contributed by atoms with van der Waals surface area (Å²) in [6.07, 6.45) is 0.228. The Morgan fingerprint density at radius 1 is 1.78 bits per heavy atom. The lowest BCUT2D eigenvalue weighted by Crippen LogP contribution is -2.15. The first-order valence-electron chi connectivity index (χ1n) is 3.00. The number of ether oxygens (including phenoxy) is 1. The molecule has 0 aliphatic carbocycles. The van der Waals surface area contributed by atoms with Crippen LogP contribution in [0.4, 0.5) is 0 Å². The number of carbonyl (C=O) groups excluding carboxylic acids is 1. The molecule has 0 amide bonds. The van der Waals surface area contributed by atoms with Gasteiger partial charge in [-0.05, 0) is 6.92 Å². The van der Waals surface area contributed by atoms with Crippen LogP contribution in [-0.2, 0) is 9.53 Å². The highest BCUT2D eigenvalue weighted by molar-refractivity contribution is 5.49. The van der Waals surface area contributed by atoms with Gasteiger partial charge in [-0.1, -0.05) is 0 Å². The summed E-state index contributed by atoms with van der Waals surface area (Å²) in [7, 11) is 0. The van der Waals surface area contributed by atoms with Crippen molar-refractivity contribution in [2.24, 2.45) is 0 Å². The average Bonchev–Trinajstić information content (AvgIpc) is 1.85. The van der Waals surface area contributed by atoms with Gasteiger partial charge in [0.15, 0.2) is 0 Å². The van der Waals surface area contributed by atoms with Crippen molar-refractivity contribution < 1.29 is 14.6 Å². The molecule has 0 heterocycles. The Bertz CT molecular complexity index is 72.7. The molecule has 0 rings (SSSR count). The topological polar surface area (TPSA) is 46.5 Å². The third-order valence-electron chi connectivity index (χ3n) is 0.883. The summed E-state index contributed by atoms with van der Waals surface area (Å²) in [5, 5.41) is 8.82. The molecule has 3 nitrogen and oxygen atoms in total. The van der Waals surface area contributed by atoms with Crippen LogP contribution in [0.2, 0.25) is 0 Å². The van der Waals surface area contributed by atoms with E-state index in [2.05, 4.69) is 0 Å². The standard InChI is InChI=1S/C6H12O3/c1-2-9-5-6(8)3-4-7/h4,6,8H,2-3,5H2,1H3. The van der Waals surface area contributed by atoms with E-state index in [-0.39, 0.29) is 13.0 Å². The van der Waals surface area contributed by atoms with E-state index < -0.39 is 6.10 Å². The van der Waals surface area contributed by atoms with Crippen LogP contribution in [0.3, 0.4) is 0 Å². The summed E-state index contributed by atoms with van der Waals surface area (Å²) in [5.41, 5.74) is 0. The van der Waals surface area contributed by atoms with E-state index in [1.807, 2.05) is 6.92 Å². The average molecular weight is 132 g/mol. The van der Waals surface area contributed by atoms with Crippen LogP contribution in [0.15, 0.2) is 0 Å². The van der Waals surface area contributed by atoms with Crippen molar-refractivity contribution in [2.45, 2.75) is 19.4 Å². The van der Waals surface area contributed by atoms with Crippen molar-refractivity contribution in [3.63, 3.8) is 0 Å². The van der Waals surface area contributed by atoms with Gasteiger partial charge in [-0.2, -0.15) is 0 Å². The van der Waals surface area contributed by atoms with Gasteiger partial charge in [-0.25, -0.2) is 0 Å². The van der Waals surface area contributed by atoms with E-state index in [4.69, 9.17) is 9.84 Å². The lowest BCUT2D eigenvalue weighted by molar-refractivity contribution is -0.110. The molecule has 9 heavy (non-hydrogen) atoms.